The molecule has 2 atom stereocenters. The largest absolute Gasteiger partial charge is 0.467 e. The molecule has 0 radical (unpaired) electrons. The molecule has 0 aromatic carbocycles. The Morgan fingerprint density at radius 1 is 1.62 bits per heavy atom. The van der Waals surface area contributed by atoms with Gasteiger partial charge in [0.25, 0.3) is 0 Å². The van der Waals surface area contributed by atoms with E-state index in [0.29, 0.717) is 0 Å². The van der Waals surface area contributed by atoms with Crippen molar-refractivity contribution in [1.29, 1.82) is 0 Å². The first-order valence-corrected chi connectivity index (χ1v) is 4.20. The molecular weight excluding hydrogens is 168 g/mol. The molecule has 13 heavy (non-hydrogen) atoms. The SMILES string of the molecule is CC(NC(=O)[C@H](C)N)c1ccco1. The number of nitrogens with two attached hydrogens (primary N) is 1. The molecule has 0 saturated carbocycles. The van der Waals surface area contributed by atoms with Crippen molar-refractivity contribution in [3.63, 3.8) is 0 Å². The van der Waals surface area contributed by atoms with Crippen LogP contribution in [0.2, 0.25) is 0 Å². The Labute approximate surface area is 77.1 Å². The predicted octanol–water partition coefficient (Wildman–Crippen LogP) is 0.804. The molecule has 1 rings (SSSR count). The Kier molecular flexibility index (Phi) is 3.08. The average molecular weight is 182 g/mol. The van der Waals surface area contributed by atoms with Gasteiger partial charge in [-0.1, -0.05) is 0 Å². The van der Waals surface area contributed by atoms with Crippen LogP contribution >= 0.6 is 0 Å². The van der Waals surface area contributed by atoms with Crippen molar-refractivity contribution in [3.05, 3.63) is 24.2 Å². The second-order valence-electron chi connectivity index (χ2n) is 3.03. The van der Waals surface area contributed by atoms with E-state index >= 15 is 0 Å². The Hall–Kier alpha value is -1.29. The first kappa shape index (κ1) is 9.80. The highest BCUT2D eigenvalue weighted by Crippen LogP contribution is 2.11. The molecule has 0 aliphatic rings. The maximum absolute atomic E-state index is 11.2. The second-order valence-corrected chi connectivity index (χ2v) is 3.03. The van der Waals surface area contributed by atoms with Crippen molar-refractivity contribution in [2.24, 2.45) is 5.73 Å². The van der Waals surface area contributed by atoms with Crippen molar-refractivity contribution >= 4 is 5.91 Å². The Morgan fingerprint density at radius 3 is 2.77 bits per heavy atom. The van der Waals surface area contributed by atoms with Gasteiger partial charge in [-0.2, -0.15) is 0 Å². The van der Waals surface area contributed by atoms with E-state index in [4.69, 9.17) is 10.2 Å². The molecule has 3 N–H and O–H groups in total. The van der Waals surface area contributed by atoms with Crippen molar-refractivity contribution < 1.29 is 9.21 Å². The summed E-state index contributed by atoms with van der Waals surface area (Å²) in [5, 5.41) is 2.72. The van der Waals surface area contributed by atoms with Gasteiger partial charge in [0.2, 0.25) is 5.91 Å². The molecule has 4 nitrogen and oxygen atoms in total. The van der Waals surface area contributed by atoms with Crippen LogP contribution in [0.25, 0.3) is 0 Å². The highest BCUT2D eigenvalue weighted by molar-refractivity contribution is 5.81. The van der Waals surface area contributed by atoms with Gasteiger partial charge < -0.3 is 15.5 Å². The Morgan fingerprint density at radius 2 is 2.31 bits per heavy atom. The molecule has 0 fully saturated rings. The third-order valence-electron chi connectivity index (χ3n) is 1.74. The van der Waals surface area contributed by atoms with Crippen LogP contribution in [0.15, 0.2) is 22.8 Å². The molecule has 1 unspecified atom stereocenters. The number of carbonyl (C=O) groups excluding carboxylic acids is 1. The van der Waals surface area contributed by atoms with Gasteiger partial charge in [-0.05, 0) is 26.0 Å². The molecule has 0 bridgehead atoms. The van der Waals surface area contributed by atoms with E-state index in [1.54, 1.807) is 19.3 Å². The predicted molar refractivity (Wildman–Crippen MR) is 48.9 cm³/mol. The third kappa shape index (κ3) is 2.59. The summed E-state index contributed by atoms with van der Waals surface area (Å²) >= 11 is 0. The van der Waals surface area contributed by atoms with Crippen LogP contribution in [0.1, 0.15) is 25.6 Å². The second kappa shape index (κ2) is 4.09. The van der Waals surface area contributed by atoms with E-state index in [1.165, 1.54) is 0 Å². The lowest BCUT2D eigenvalue weighted by Crippen LogP contribution is -2.39. The molecule has 0 aliphatic carbocycles. The van der Waals surface area contributed by atoms with Gasteiger partial charge >= 0.3 is 0 Å². The summed E-state index contributed by atoms with van der Waals surface area (Å²) in [5.74, 6) is 0.554. The first-order chi connectivity index (χ1) is 6.11. The number of carbonyl (C=O) groups is 1. The monoisotopic (exact) mass is 182 g/mol. The van der Waals surface area contributed by atoms with E-state index in [0.717, 1.165) is 5.76 Å². The molecular formula is C9H14N2O2. The lowest BCUT2D eigenvalue weighted by molar-refractivity contribution is -0.122. The number of rotatable bonds is 3. The fraction of sp³-hybridized carbons (Fsp3) is 0.444. The zero-order valence-electron chi connectivity index (χ0n) is 7.78. The number of hydrogen-bond acceptors (Lipinski definition) is 3. The topological polar surface area (TPSA) is 68.3 Å². The number of furan rings is 1. The van der Waals surface area contributed by atoms with Crippen LogP contribution in [0.5, 0.6) is 0 Å². The smallest absolute Gasteiger partial charge is 0.237 e. The molecule has 4 heteroatoms. The Bertz CT molecular complexity index is 267. The number of hydrogen-bond donors (Lipinski definition) is 2. The summed E-state index contributed by atoms with van der Waals surface area (Å²) in [7, 11) is 0. The summed E-state index contributed by atoms with van der Waals surface area (Å²) in [6, 6.07) is 2.97. The van der Waals surface area contributed by atoms with Gasteiger partial charge in [0.05, 0.1) is 18.3 Å². The average Bonchev–Trinajstić information content (AvgIpc) is 2.55. The maximum atomic E-state index is 11.2. The van der Waals surface area contributed by atoms with Crippen LogP contribution in [0.3, 0.4) is 0 Å². The van der Waals surface area contributed by atoms with Gasteiger partial charge in [-0.3, -0.25) is 4.79 Å². The lowest BCUT2D eigenvalue weighted by Gasteiger charge is -2.12. The van der Waals surface area contributed by atoms with E-state index in [2.05, 4.69) is 5.32 Å². The minimum absolute atomic E-state index is 0.131. The number of amides is 1. The van der Waals surface area contributed by atoms with Crippen molar-refractivity contribution in [2.75, 3.05) is 0 Å². The standard InChI is InChI=1S/C9H14N2O2/c1-6(10)9(12)11-7(2)8-4-3-5-13-8/h3-7H,10H2,1-2H3,(H,11,12)/t6-,7?/m0/s1. The third-order valence-corrected chi connectivity index (χ3v) is 1.74. The summed E-state index contributed by atoms with van der Waals surface area (Å²) in [6.07, 6.45) is 1.57. The van der Waals surface area contributed by atoms with Crippen LogP contribution in [-0.2, 0) is 4.79 Å². The number of nitrogens with one attached hydrogen (secondary N) is 1. The van der Waals surface area contributed by atoms with Crippen LogP contribution in [0, 0.1) is 0 Å². The molecule has 0 aliphatic heterocycles. The molecule has 0 spiro atoms. The van der Waals surface area contributed by atoms with Gasteiger partial charge in [0.15, 0.2) is 0 Å². The highest BCUT2D eigenvalue weighted by atomic mass is 16.3. The summed E-state index contributed by atoms with van der Waals surface area (Å²) in [6.45, 7) is 3.49. The summed E-state index contributed by atoms with van der Waals surface area (Å²) < 4.78 is 5.12. The first-order valence-electron chi connectivity index (χ1n) is 4.20. The van der Waals surface area contributed by atoms with Crippen LogP contribution in [0.4, 0.5) is 0 Å². The fourth-order valence-corrected chi connectivity index (χ4v) is 0.954. The van der Waals surface area contributed by atoms with Crippen LogP contribution in [-0.4, -0.2) is 11.9 Å². The van der Waals surface area contributed by atoms with Crippen molar-refractivity contribution in [2.45, 2.75) is 25.9 Å². The van der Waals surface area contributed by atoms with Gasteiger partial charge in [0, 0.05) is 0 Å². The van der Waals surface area contributed by atoms with E-state index in [1.807, 2.05) is 13.0 Å². The van der Waals surface area contributed by atoms with Crippen molar-refractivity contribution in [1.82, 2.24) is 5.32 Å². The van der Waals surface area contributed by atoms with Gasteiger partial charge in [0.1, 0.15) is 5.76 Å². The zero-order valence-corrected chi connectivity index (χ0v) is 7.78. The van der Waals surface area contributed by atoms with E-state index in [-0.39, 0.29) is 11.9 Å². The minimum atomic E-state index is -0.489. The fourth-order valence-electron chi connectivity index (χ4n) is 0.954. The lowest BCUT2D eigenvalue weighted by atomic mass is 10.2. The van der Waals surface area contributed by atoms with Crippen LogP contribution < -0.4 is 11.1 Å². The van der Waals surface area contributed by atoms with Gasteiger partial charge in [-0.15, -0.1) is 0 Å². The highest BCUT2D eigenvalue weighted by Gasteiger charge is 2.13. The molecule has 1 amide bonds. The minimum Gasteiger partial charge on any atom is -0.467 e. The molecule has 1 heterocycles. The Balaban J connectivity index is 2.51. The molecule has 72 valence electrons. The van der Waals surface area contributed by atoms with E-state index < -0.39 is 6.04 Å². The van der Waals surface area contributed by atoms with Gasteiger partial charge in [-0.25, -0.2) is 0 Å². The molecule has 1 aromatic heterocycles. The summed E-state index contributed by atoms with van der Waals surface area (Å²) in [5.41, 5.74) is 5.39. The quantitative estimate of drug-likeness (QED) is 0.726. The summed E-state index contributed by atoms with van der Waals surface area (Å²) in [4.78, 5) is 11.2. The maximum Gasteiger partial charge on any atom is 0.237 e. The molecule has 0 saturated heterocycles. The van der Waals surface area contributed by atoms with Crippen molar-refractivity contribution in [3.8, 4) is 0 Å². The zero-order chi connectivity index (χ0) is 9.84. The molecule has 1 aromatic rings. The van der Waals surface area contributed by atoms with E-state index in [9.17, 15) is 4.79 Å². The normalized spacial score (nSPS) is 15.0.